The smallest absolute Gasteiger partial charge is 0.248 e. The molecule has 1 saturated carbocycles. The maximum absolute atomic E-state index is 11.4. The van der Waals surface area contributed by atoms with Gasteiger partial charge in [-0.3, -0.25) is 9.69 Å². The van der Waals surface area contributed by atoms with Crippen LogP contribution in [0.5, 0.6) is 0 Å². The van der Waals surface area contributed by atoms with E-state index in [1.54, 1.807) is 0 Å². The standard InChI is InChI=1S/C20H28N4O/c21-20(25)15-9-10-18-17(13-15)22-19-14-23(11-12-24(18)19)16-7-5-3-1-2-4-6-8-16/h9-10,13,16H,1-8,11-12,14H2,(H2,21,25). The molecule has 134 valence electrons. The average Bonchev–Trinajstić information content (AvgIpc) is 3.04. The Bertz CT molecular complexity index is 756. The summed E-state index contributed by atoms with van der Waals surface area (Å²) in [4.78, 5) is 18.9. The van der Waals surface area contributed by atoms with Gasteiger partial charge in [0.2, 0.25) is 5.91 Å². The van der Waals surface area contributed by atoms with Crippen molar-refractivity contribution in [1.82, 2.24) is 14.5 Å². The maximum atomic E-state index is 11.4. The van der Waals surface area contributed by atoms with Gasteiger partial charge in [0.15, 0.2) is 0 Å². The summed E-state index contributed by atoms with van der Waals surface area (Å²) in [5.41, 5.74) is 7.95. The Balaban J connectivity index is 1.55. The fourth-order valence-electron chi connectivity index (χ4n) is 4.48. The first-order chi connectivity index (χ1) is 12.2. The van der Waals surface area contributed by atoms with Crippen LogP contribution in [0.15, 0.2) is 18.2 Å². The fraction of sp³-hybridized carbons (Fsp3) is 0.600. The molecule has 2 aromatic rings. The van der Waals surface area contributed by atoms with Crippen LogP contribution in [0, 0.1) is 0 Å². The summed E-state index contributed by atoms with van der Waals surface area (Å²) < 4.78 is 2.31. The Hall–Kier alpha value is -1.88. The molecule has 1 aromatic heterocycles. The quantitative estimate of drug-likeness (QED) is 0.910. The highest BCUT2D eigenvalue weighted by Gasteiger charge is 2.26. The molecule has 5 heteroatoms. The van der Waals surface area contributed by atoms with Crippen LogP contribution < -0.4 is 5.73 Å². The number of rotatable bonds is 2. The van der Waals surface area contributed by atoms with Crippen LogP contribution in [0.4, 0.5) is 0 Å². The molecule has 1 aromatic carbocycles. The number of fused-ring (bicyclic) bond motifs is 3. The summed E-state index contributed by atoms with van der Waals surface area (Å²) in [5, 5.41) is 0. The average molecular weight is 340 g/mol. The number of imidazole rings is 1. The van der Waals surface area contributed by atoms with Crippen LogP contribution in [0.25, 0.3) is 11.0 Å². The summed E-state index contributed by atoms with van der Waals surface area (Å²) in [7, 11) is 0. The molecular formula is C20H28N4O. The molecule has 25 heavy (non-hydrogen) atoms. The van der Waals surface area contributed by atoms with Gasteiger partial charge in [-0.25, -0.2) is 4.98 Å². The van der Waals surface area contributed by atoms with Crippen molar-refractivity contribution < 1.29 is 4.79 Å². The first-order valence-electron chi connectivity index (χ1n) is 9.75. The van der Waals surface area contributed by atoms with Gasteiger partial charge in [0, 0.05) is 24.7 Å². The van der Waals surface area contributed by atoms with E-state index in [0.29, 0.717) is 11.6 Å². The molecule has 0 spiro atoms. The Morgan fingerprint density at radius 1 is 1.04 bits per heavy atom. The fourth-order valence-corrected chi connectivity index (χ4v) is 4.48. The first kappa shape index (κ1) is 16.6. The van der Waals surface area contributed by atoms with E-state index in [1.807, 2.05) is 18.2 Å². The van der Waals surface area contributed by atoms with Gasteiger partial charge < -0.3 is 10.3 Å². The number of nitrogens with zero attached hydrogens (tertiary/aromatic N) is 3. The third-order valence-corrected chi connectivity index (χ3v) is 5.91. The van der Waals surface area contributed by atoms with E-state index < -0.39 is 0 Å². The van der Waals surface area contributed by atoms with E-state index in [9.17, 15) is 4.79 Å². The lowest BCUT2D eigenvalue weighted by molar-refractivity contribution is 0.100. The van der Waals surface area contributed by atoms with E-state index in [4.69, 9.17) is 10.7 Å². The molecule has 0 saturated heterocycles. The second kappa shape index (κ2) is 7.16. The third kappa shape index (κ3) is 3.43. The van der Waals surface area contributed by atoms with Gasteiger partial charge in [0.1, 0.15) is 5.82 Å². The Morgan fingerprint density at radius 3 is 2.48 bits per heavy atom. The van der Waals surface area contributed by atoms with Gasteiger partial charge in [-0.1, -0.05) is 38.5 Å². The number of hydrogen-bond donors (Lipinski definition) is 1. The highest BCUT2D eigenvalue weighted by atomic mass is 16.1. The van der Waals surface area contributed by atoms with E-state index in [2.05, 4.69) is 9.47 Å². The number of primary amides is 1. The van der Waals surface area contributed by atoms with Crippen molar-refractivity contribution in [2.75, 3.05) is 6.54 Å². The monoisotopic (exact) mass is 340 g/mol. The van der Waals surface area contributed by atoms with E-state index in [1.165, 1.54) is 51.4 Å². The van der Waals surface area contributed by atoms with Crippen LogP contribution in [0.1, 0.15) is 67.5 Å². The first-order valence-corrected chi connectivity index (χ1v) is 9.75. The predicted octanol–water partition coefficient (Wildman–Crippen LogP) is 3.45. The molecule has 1 fully saturated rings. The molecule has 0 bridgehead atoms. The van der Waals surface area contributed by atoms with Gasteiger partial charge in [-0.05, 0) is 31.0 Å². The van der Waals surface area contributed by atoms with Crippen LogP contribution in [0.2, 0.25) is 0 Å². The Morgan fingerprint density at radius 2 is 1.76 bits per heavy atom. The summed E-state index contributed by atoms with van der Waals surface area (Å²) in [6.45, 7) is 3.00. The van der Waals surface area contributed by atoms with Crippen LogP contribution in [0.3, 0.4) is 0 Å². The van der Waals surface area contributed by atoms with Crippen LogP contribution in [-0.4, -0.2) is 32.9 Å². The number of nitrogens with two attached hydrogens (primary N) is 1. The van der Waals surface area contributed by atoms with E-state index in [0.717, 1.165) is 36.5 Å². The third-order valence-electron chi connectivity index (χ3n) is 5.91. The number of benzene rings is 1. The topological polar surface area (TPSA) is 64.2 Å². The normalized spacial score (nSPS) is 20.6. The van der Waals surface area contributed by atoms with Crippen molar-refractivity contribution in [3.05, 3.63) is 29.6 Å². The van der Waals surface area contributed by atoms with Gasteiger partial charge in [0.25, 0.3) is 0 Å². The van der Waals surface area contributed by atoms with Crippen LogP contribution in [-0.2, 0) is 13.1 Å². The summed E-state index contributed by atoms with van der Waals surface area (Å²) in [6, 6.07) is 6.33. The molecule has 0 unspecified atom stereocenters. The molecule has 2 N–H and O–H groups in total. The zero-order valence-electron chi connectivity index (χ0n) is 14.9. The van der Waals surface area contributed by atoms with Crippen molar-refractivity contribution >= 4 is 16.9 Å². The minimum absolute atomic E-state index is 0.389. The zero-order chi connectivity index (χ0) is 17.2. The molecule has 4 rings (SSSR count). The zero-order valence-corrected chi connectivity index (χ0v) is 14.9. The van der Waals surface area contributed by atoms with Crippen LogP contribution >= 0.6 is 0 Å². The lowest BCUT2D eigenvalue weighted by Gasteiger charge is -2.35. The molecular weight excluding hydrogens is 312 g/mol. The van der Waals surface area contributed by atoms with Gasteiger partial charge >= 0.3 is 0 Å². The molecule has 2 heterocycles. The number of hydrogen-bond acceptors (Lipinski definition) is 3. The Labute approximate surface area is 149 Å². The van der Waals surface area contributed by atoms with Crippen molar-refractivity contribution in [1.29, 1.82) is 0 Å². The van der Waals surface area contributed by atoms with Crippen molar-refractivity contribution in [2.45, 2.75) is 70.5 Å². The summed E-state index contributed by atoms with van der Waals surface area (Å²) >= 11 is 0. The molecule has 5 nitrogen and oxygen atoms in total. The van der Waals surface area contributed by atoms with Crippen molar-refractivity contribution in [3.63, 3.8) is 0 Å². The number of carbonyl (C=O) groups excluding carboxylic acids is 1. The molecule has 2 aliphatic rings. The predicted molar refractivity (Wildman–Crippen MR) is 99.4 cm³/mol. The lowest BCUT2D eigenvalue weighted by atomic mass is 10.0. The van der Waals surface area contributed by atoms with Crippen molar-refractivity contribution in [3.8, 4) is 0 Å². The number of amides is 1. The molecule has 0 radical (unpaired) electrons. The second-order valence-electron chi connectivity index (χ2n) is 7.57. The Kier molecular flexibility index (Phi) is 4.75. The highest BCUT2D eigenvalue weighted by molar-refractivity contribution is 5.96. The lowest BCUT2D eigenvalue weighted by Crippen LogP contribution is -2.41. The van der Waals surface area contributed by atoms with Gasteiger partial charge in [0.05, 0.1) is 17.6 Å². The minimum Gasteiger partial charge on any atom is -0.366 e. The van der Waals surface area contributed by atoms with Gasteiger partial charge in [-0.2, -0.15) is 0 Å². The van der Waals surface area contributed by atoms with E-state index in [-0.39, 0.29) is 5.91 Å². The van der Waals surface area contributed by atoms with E-state index >= 15 is 0 Å². The summed E-state index contributed by atoms with van der Waals surface area (Å²) in [5.74, 6) is 0.739. The maximum Gasteiger partial charge on any atom is 0.248 e. The largest absolute Gasteiger partial charge is 0.366 e. The number of carbonyl (C=O) groups is 1. The number of aromatic nitrogens is 2. The molecule has 1 aliphatic heterocycles. The highest BCUT2D eigenvalue weighted by Crippen LogP contribution is 2.27. The molecule has 0 atom stereocenters. The summed E-state index contributed by atoms with van der Waals surface area (Å²) in [6.07, 6.45) is 11.0. The molecule has 1 aliphatic carbocycles. The minimum atomic E-state index is -0.389. The SMILES string of the molecule is NC(=O)c1ccc2c(c1)nc1n2CCN(C2CCCCCCCC2)C1. The second-order valence-corrected chi connectivity index (χ2v) is 7.57. The van der Waals surface area contributed by atoms with Crippen molar-refractivity contribution in [2.24, 2.45) is 5.73 Å². The van der Waals surface area contributed by atoms with Gasteiger partial charge in [-0.15, -0.1) is 0 Å². The molecule has 1 amide bonds.